The third-order valence-electron chi connectivity index (χ3n) is 6.74. The van der Waals surface area contributed by atoms with E-state index in [9.17, 15) is 18.0 Å². The normalized spacial score (nSPS) is 14.8. The standard InChI is InChI=1S/C27H35Cl2N3O4S/c1-19-9-4-7-12-25(19)32(37(3,35)36)16-8-13-26(33)31(18-21-14-15-23(28)24(29)17-21)20(2)27(34)30-22-10-5-6-11-22/h4,7,9,12,14-15,17,20,22H,5-6,8,10-11,13,16,18H2,1-3H3,(H,30,34)/t20-/m0/s1. The lowest BCUT2D eigenvalue weighted by atomic mass is 10.1. The Labute approximate surface area is 230 Å². The lowest BCUT2D eigenvalue weighted by Gasteiger charge is -2.30. The van der Waals surface area contributed by atoms with Crippen LogP contribution in [-0.2, 0) is 26.2 Å². The van der Waals surface area contributed by atoms with E-state index in [4.69, 9.17) is 23.2 Å². The second-order valence-corrected chi connectivity index (χ2v) is 12.4. The van der Waals surface area contributed by atoms with Crippen molar-refractivity contribution in [1.29, 1.82) is 0 Å². The van der Waals surface area contributed by atoms with Gasteiger partial charge >= 0.3 is 0 Å². The van der Waals surface area contributed by atoms with Crippen LogP contribution in [0.1, 0.15) is 56.6 Å². The van der Waals surface area contributed by atoms with E-state index >= 15 is 0 Å². The topological polar surface area (TPSA) is 86.8 Å². The second-order valence-electron chi connectivity index (χ2n) is 9.66. The molecule has 0 aromatic heterocycles. The minimum atomic E-state index is -3.54. The number of nitrogens with zero attached hydrogens (tertiary/aromatic N) is 2. The van der Waals surface area contributed by atoms with Crippen molar-refractivity contribution < 1.29 is 18.0 Å². The average Bonchev–Trinajstić information content (AvgIpc) is 3.35. The predicted molar refractivity (Wildman–Crippen MR) is 149 cm³/mol. The molecule has 2 amide bonds. The number of benzene rings is 2. The van der Waals surface area contributed by atoms with Gasteiger partial charge in [-0.2, -0.15) is 0 Å². The zero-order valence-electron chi connectivity index (χ0n) is 21.5. The van der Waals surface area contributed by atoms with Crippen LogP contribution in [0, 0.1) is 6.92 Å². The van der Waals surface area contributed by atoms with Crippen LogP contribution < -0.4 is 9.62 Å². The number of para-hydroxylation sites is 1. The minimum absolute atomic E-state index is 0.0836. The van der Waals surface area contributed by atoms with E-state index in [0.717, 1.165) is 43.1 Å². The van der Waals surface area contributed by atoms with Gasteiger partial charge in [-0.05, 0) is 62.4 Å². The molecule has 1 aliphatic rings. The Hall–Kier alpha value is -2.29. The molecule has 0 saturated heterocycles. The van der Waals surface area contributed by atoms with Crippen molar-refractivity contribution in [3.05, 3.63) is 63.6 Å². The van der Waals surface area contributed by atoms with Gasteiger partial charge in [0.25, 0.3) is 0 Å². The van der Waals surface area contributed by atoms with Crippen LogP contribution in [0.4, 0.5) is 5.69 Å². The molecule has 2 aromatic carbocycles. The van der Waals surface area contributed by atoms with Crippen LogP contribution in [0.25, 0.3) is 0 Å². The molecule has 3 rings (SSSR count). The maximum atomic E-state index is 13.4. The maximum Gasteiger partial charge on any atom is 0.242 e. The summed E-state index contributed by atoms with van der Waals surface area (Å²) in [6, 6.07) is 11.8. The number of amides is 2. The second kappa shape index (κ2) is 13.0. The van der Waals surface area contributed by atoms with Gasteiger partial charge in [-0.25, -0.2) is 8.42 Å². The van der Waals surface area contributed by atoms with Gasteiger partial charge in [0.05, 0.1) is 22.0 Å². The zero-order valence-corrected chi connectivity index (χ0v) is 23.9. The summed E-state index contributed by atoms with van der Waals surface area (Å²) in [6.07, 6.45) is 5.60. The number of halogens is 2. The fourth-order valence-corrected chi connectivity index (χ4v) is 5.98. The number of hydrogen-bond acceptors (Lipinski definition) is 4. The Morgan fingerprint density at radius 1 is 1.08 bits per heavy atom. The molecule has 10 heteroatoms. The first kappa shape index (κ1) is 29.3. The number of hydrogen-bond donors (Lipinski definition) is 1. The van der Waals surface area contributed by atoms with Crippen LogP contribution in [0.2, 0.25) is 10.0 Å². The molecular weight excluding hydrogens is 533 g/mol. The molecular formula is C27H35Cl2N3O4S. The van der Waals surface area contributed by atoms with E-state index < -0.39 is 16.1 Å². The van der Waals surface area contributed by atoms with Crippen molar-refractivity contribution in [1.82, 2.24) is 10.2 Å². The molecule has 0 aliphatic heterocycles. The Bertz CT molecular complexity index is 1220. The van der Waals surface area contributed by atoms with Crippen molar-refractivity contribution >= 4 is 50.7 Å². The van der Waals surface area contributed by atoms with E-state index in [-0.39, 0.29) is 37.4 Å². The third-order valence-corrected chi connectivity index (χ3v) is 8.66. The Morgan fingerprint density at radius 3 is 2.38 bits per heavy atom. The molecule has 1 fully saturated rings. The third kappa shape index (κ3) is 8.09. The lowest BCUT2D eigenvalue weighted by Crippen LogP contribution is -2.49. The molecule has 37 heavy (non-hydrogen) atoms. The van der Waals surface area contributed by atoms with Crippen molar-refractivity contribution in [2.45, 2.75) is 71.0 Å². The van der Waals surface area contributed by atoms with Crippen molar-refractivity contribution in [2.75, 3.05) is 17.1 Å². The Kier molecular flexibility index (Phi) is 10.3. The summed E-state index contributed by atoms with van der Waals surface area (Å²) >= 11 is 12.2. The number of sulfonamides is 1. The van der Waals surface area contributed by atoms with Crippen LogP contribution in [0.15, 0.2) is 42.5 Å². The maximum absolute atomic E-state index is 13.4. The lowest BCUT2D eigenvalue weighted by molar-refractivity contribution is -0.141. The van der Waals surface area contributed by atoms with Gasteiger partial charge in [0, 0.05) is 25.6 Å². The van der Waals surface area contributed by atoms with Gasteiger partial charge < -0.3 is 10.2 Å². The number of carbonyl (C=O) groups excluding carboxylic acids is 2. The first-order valence-corrected chi connectivity index (χ1v) is 15.1. The molecule has 0 radical (unpaired) electrons. The van der Waals surface area contributed by atoms with Crippen molar-refractivity contribution in [3.63, 3.8) is 0 Å². The molecule has 1 saturated carbocycles. The van der Waals surface area contributed by atoms with E-state index in [1.54, 1.807) is 37.3 Å². The summed E-state index contributed by atoms with van der Waals surface area (Å²) < 4.78 is 26.4. The highest BCUT2D eigenvalue weighted by molar-refractivity contribution is 7.92. The highest BCUT2D eigenvalue weighted by Crippen LogP contribution is 2.25. The number of rotatable bonds is 11. The SMILES string of the molecule is Cc1ccccc1N(CCCC(=O)N(Cc1ccc(Cl)c(Cl)c1)[C@@H](C)C(=O)NC1CCCC1)S(C)(=O)=O. The molecule has 0 bridgehead atoms. The van der Waals surface area contributed by atoms with E-state index in [1.165, 1.54) is 9.21 Å². The largest absolute Gasteiger partial charge is 0.352 e. The summed E-state index contributed by atoms with van der Waals surface area (Å²) in [7, 11) is -3.54. The fourth-order valence-electron chi connectivity index (χ4n) is 4.63. The highest BCUT2D eigenvalue weighted by atomic mass is 35.5. The van der Waals surface area contributed by atoms with Crippen molar-refractivity contribution in [3.8, 4) is 0 Å². The Balaban J connectivity index is 1.74. The summed E-state index contributed by atoms with van der Waals surface area (Å²) in [4.78, 5) is 28.0. The molecule has 0 spiro atoms. The molecule has 1 aliphatic carbocycles. The van der Waals surface area contributed by atoms with E-state index in [2.05, 4.69) is 5.32 Å². The number of aryl methyl sites for hydroxylation is 1. The molecule has 202 valence electrons. The smallest absolute Gasteiger partial charge is 0.242 e. The summed E-state index contributed by atoms with van der Waals surface area (Å²) in [5.74, 6) is -0.434. The average molecular weight is 569 g/mol. The first-order valence-electron chi connectivity index (χ1n) is 12.5. The summed E-state index contributed by atoms with van der Waals surface area (Å²) in [5.41, 5.74) is 2.17. The number of nitrogens with one attached hydrogen (secondary N) is 1. The van der Waals surface area contributed by atoms with Crippen LogP contribution in [0.3, 0.4) is 0 Å². The van der Waals surface area contributed by atoms with E-state index in [1.807, 2.05) is 19.1 Å². The van der Waals surface area contributed by atoms with Crippen molar-refractivity contribution in [2.24, 2.45) is 0 Å². The molecule has 1 N–H and O–H groups in total. The Morgan fingerprint density at radius 2 is 1.76 bits per heavy atom. The predicted octanol–water partition coefficient (Wildman–Crippen LogP) is 5.32. The van der Waals surface area contributed by atoms with Gasteiger partial charge in [0.15, 0.2) is 0 Å². The summed E-state index contributed by atoms with van der Waals surface area (Å²) in [6.45, 7) is 3.90. The van der Waals surface area contributed by atoms with Gasteiger partial charge in [0.2, 0.25) is 21.8 Å². The quantitative estimate of drug-likeness (QED) is 0.398. The number of anilines is 1. The van der Waals surface area contributed by atoms with Gasteiger partial charge in [-0.1, -0.05) is 60.3 Å². The molecule has 0 unspecified atom stereocenters. The monoisotopic (exact) mass is 567 g/mol. The molecule has 7 nitrogen and oxygen atoms in total. The van der Waals surface area contributed by atoms with Crippen LogP contribution >= 0.6 is 23.2 Å². The zero-order chi connectivity index (χ0) is 27.2. The minimum Gasteiger partial charge on any atom is -0.352 e. The molecule has 2 aromatic rings. The number of carbonyl (C=O) groups is 2. The van der Waals surface area contributed by atoms with Gasteiger partial charge in [-0.3, -0.25) is 13.9 Å². The van der Waals surface area contributed by atoms with Gasteiger partial charge in [-0.15, -0.1) is 0 Å². The van der Waals surface area contributed by atoms with E-state index in [0.29, 0.717) is 22.2 Å². The van der Waals surface area contributed by atoms with Crippen LogP contribution in [0.5, 0.6) is 0 Å². The first-order chi connectivity index (χ1) is 17.5. The summed E-state index contributed by atoms with van der Waals surface area (Å²) in [5, 5.41) is 3.86. The fraction of sp³-hybridized carbons (Fsp3) is 0.481. The van der Waals surface area contributed by atoms with Crippen LogP contribution in [-0.4, -0.2) is 50.0 Å². The highest BCUT2D eigenvalue weighted by Gasteiger charge is 2.29. The van der Waals surface area contributed by atoms with Gasteiger partial charge in [0.1, 0.15) is 6.04 Å². The molecule has 1 atom stereocenters. The molecule has 0 heterocycles.